The summed E-state index contributed by atoms with van der Waals surface area (Å²) >= 11 is 0. The maximum atomic E-state index is 11.9. The van der Waals surface area contributed by atoms with E-state index in [-0.39, 0.29) is 12.0 Å². The number of rotatable bonds is 3. The lowest BCUT2D eigenvalue weighted by Gasteiger charge is -2.31. The van der Waals surface area contributed by atoms with Gasteiger partial charge in [-0.25, -0.2) is 9.80 Å². The highest BCUT2D eigenvalue weighted by Crippen LogP contribution is 2.28. The number of likely N-dealkylation sites (N-methyl/N-ethyl adjacent to an activating group) is 1. The topological polar surface area (TPSA) is 45.1 Å². The van der Waals surface area contributed by atoms with Gasteiger partial charge in [-0.3, -0.25) is 10.0 Å². The fourth-order valence-corrected chi connectivity index (χ4v) is 2.21. The van der Waals surface area contributed by atoms with Gasteiger partial charge in [-0.1, -0.05) is 6.92 Å². The predicted octanol–water partition coefficient (Wildman–Crippen LogP) is 1.69. The monoisotopic (exact) mass is 249 g/mol. The molecule has 0 radical (unpaired) electrons. The second-order valence-corrected chi connectivity index (χ2v) is 4.35. The van der Waals surface area contributed by atoms with Crippen LogP contribution in [0.1, 0.15) is 27.2 Å². The largest absolute Gasteiger partial charge is 0.465 e. The Morgan fingerprint density at radius 1 is 1.50 bits per heavy atom. The molecule has 1 atom stereocenters. The Bertz CT molecular complexity index is 451. The first-order valence-corrected chi connectivity index (χ1v) is 6.25. The smallest absolute Gasteiger partial charge is 0.329 e. The van der Waals surface area contributed by atoms with E-state index in [9.17, 15) is 4.79 Å². The number of fused-ring (bicyclic) bond motifs is 1. The van der Waals surface area contributed by atoms with Gasteiger partial charge in [0.15, 0.2) is 0 Å². The first-order chi connectivity index (χ1) is 8.58. The molecule has 2 rings (SSSR count). The van der Waals surface area contributed by atoms with Crippen molar-refractivity contribution < 1.29 is 9.53 Å². The summed E-state index contributed by atoms with van der Waals surface area (Å²) in [5.74, 6) is -0.219. The van der Waals surface area contributed by atoms with Crippen molar-refractivity contribution in [2.75, 3.05) is 13.7 Å². The SMILES string of the molecule is CCOC(=O)C1C=C2C(CC)=NC(C)=CN2N1C. The molecule has 0 bridgehead atoms. The van der Waals surface area contributed by atoms with Crippen molar-refractivity contribution in [3.05, 3.63) is 23.7 Å². The number of hydrogen-bond acceptors (Lipinski definition) is 5. The van der Waals surface area contributed by atoms with Gasteiger partial charge in [-0.05, 0) is 26.3 Å². The summed E-state index contributed by atoms with van der Waals surface area (Å²) in [6, 6.07) is -0.362. The van der Waals surface area contributed by atoms with Crippen LogP contribution in [0.5, 0.6) is 0 Å². The average Bonchev–Trinajstić information content (AvgIpc) is 2.67. The van der Waals surface area contributed by atoms with Crippen molar-refractivity contribution in [1.82, 2.24) is 10.0 Å². The highest BCUT2D eigenvalue weighted by Gasteiger charge is 2.36. The number of ether oxygens (including phenoxy) is 1. The van der Waals surface area contributed by atoms with Crippen LogP contribution in [0.4, 0.5) is 0 Å². The van der Waals surface area contributed by atoms with E-state index in [0.29, 0.717) is 6.61 Å². The molecule has 2 heterocycles. The average molecular weight is 249 g/mol. The van der Waals surface area contributed by atoms with Crippen LogP contribution in [0.15, 0.2) is 28.7 Å². The molecule has 0 spiro atoms. The molecule has 0 aliphatic carbocycles. The number of aliphatic imine (C=N–C) groups is 1. The van der Waals surface area contributed by atoms with Gasteiger partial charge < -0.3 is 4.74 Å². The standard InChI is InChI=1S/C13H19N3O2/c1-5-10-11-7-12(13(17)18-6-2)15(4)16(11)8-9(3)14-10/h7-8,12H,5-6H2,1-4H3. The fourth-order valence-electron chi connectivity index (χ4n) is 2.21. The van der Waals surface area contributed by atoms with Crippen LogP contribution in [0.3, 0.4) is 0 Å². The van der Waals surface area contributed by atoms with Crippen molar-refractivity contribution in [3.63, 3.8) is 0 Å². The first kappa shape index (κ1) is 12.8. The number of nitrogens with zero attached hydrogens (tertiary/aromatic N) is 3. The van der Waals surface area contributed by atoms with Crippen LogP contribution in [-0.4, -0.2) is 41.4 Å². The molecule has 0 aromatic carbocycles. The summed E-state index contributed by atoms with van der Waals surface area (Å²) in [5, 5.41) is 3.85. The highest BCUT2D eigenvalue weighted by molar-refractivity contribution is 6.02. The molecule has 0 N–H and O–H groups in total. The van der Waals surface area contributed by atoms with E-state index in [4.69, 9.17) is 4.74 Å². The van der Waals surface area contributed by atoms with Gasteiger partial charge in [0.1, 0.15) is 6.04 Å². The number of allylic oxidation sites excluding steroid dienone is 2. The summed E-state index contributed by atoms with van der Waals surface area (Å²) in [6.45, 7) is 6.23. The lowest BCUT2D eigenvalue weighted by atomic mass is 10.1. The third kappa shape index (κ3) is 2.06. The molecule has 0 saturated carbocycles. The molecule has 5 heteroatoms. The van der Waals surface area contributed by atoms with E-state index >= 15 is 0 Å². The third-order valence-electron chi connectivity index (χ3n) is 3.08. The van der Waals surface area contributed by atoms with Gasteiger partial charge in [-0.15, -0.1) is 0 Å². The Morgan fingerprint density at radius 2 is 2.22 bits per heavy atom. The molecule has 18 heavy (non-hydrogen) atoms. The van der Waals surface area contributed by atoms with Crippen LogP contribution < -0.4 is 0 Å². The number of hydrazine groups is 1. The van der Waals surface area contributed by atoms with Crippen molar-refractivity contribution >= 4 is 11.7 Å². The number of carbonyl (C=O) groups excluding carboxylic acids is 1. The summed E-state index contributed by atoms with van der Waals surface area (Å²) in [4.78, 5) is 16.4. The summed E-state index contributed by atoms with van der Waals surface area (Å²) < 4.78 is 5.09. The fraction of sp³-hybridized carbons (Fsp3) is 0.538. The Kier molecular flexibility index (Phi) is 3.52. The van der Waals surface area contributed by atoms with Crippen LogP contribution >= 0.6 is 0 Å². The van der Waals surface area contributed by atoms with Gasteiger partial charge in [0, 0.05) is 13.2 Å². The molecule has 98 valence electrons. The van der Waals surface area contributed by atoms with E-state index < -0.39 is 0 Å². The quantitative estimate of drug-likeness (QED) is 0.714. The minimum Gasteiger partial charge on any atom is -0.465 e. The predicted molar refractivity (Wildman–Crippen MR) is 69.6 cm³/mol. The molecule has 0 amide bonds. The lowest BCUT2D eigenvalue weighted by molar-refractivity contribution is -0.149. The van der Waals surface area contributed by atoms with Crippen molar-refractivity contribution in [2.45, 2.75) is 33.2 Å². The van der Waals surface area contributed by atoms with Crippen molar-refractivity contribution in [3.8, 4) is 0 Å². The molecule has 1 unspecified atom stereocenters. The van der Waals surface area contributed by atoms with Gasteiger partial charge >= 0.3 is 5.97 Å². The third-order valence-corrected chi connectivity index (χ3v) is 3.08. The molecule has 0 aromatic rings. The zero-order chi connectivity index (χ0) is 13.3. The zero-order valence-electron chi connectivity index (χ0n) is 11.3. The number of hydrogen-bond donors (Lipinski definition) is 0. The molecule has 0 aromatic heterocycles. The maximum absolute atomic E-state index is 11.9. The molecule has 0 fully saturated rings. The van der Waals surface area contributed by atoms with Crippen LogP contribution in [-0.2, 0) is 9.53 Å². The minimum absolute atomic E-state index is 0.219. The molecule has 5 nitrogen and oxygen atoms in total. The van der Waals surface area contributed by atoms with E-state index in [1.165, 1.54) is 0 Å². The molecular weight excluding hydrogens is 230 g/mol. The van der Waals surface area contributed by atoms with Gasteiger partial charge in [0.05, 0.1) is 23.7 Å². The van der Waals surface area contributed by atoms with E-state index in [1.807, 2.05) is 43.2 Å². The Morgan fingerprint density at radius 3 is 2.83 bits per heavy atom. The number of esters is 1. The Hall–Kier alpha value is -1.62. The lowest BCUT2D eigenvalue weighted by Crippen LogP contribution is -2.42. The zero-order valence-corrected chi connectivity index (χ0v) is 11.3. The second-order valence-electron chi connectivity index (χ2n) is 4.35. The molecule has 0 saturated heterocycles. The van der Waals surface area contributed by atoms with E-state index in [1.54, 1.807) is 0 Å². The second kappa shape index (κ2) is 4.94. The summed E-state index contributed by atoms with van der Waals surface area (Å²) in [7, 11) is 1.88. The van der Waals surface area contributed by atoms with E-state index in [0.717, 1.165) is 23.5 Å². The van der Waals surface area contributed by atoms with E-state index in [2.05, 4.69) is 11.9 Å². The Balaban J connectivity index is 2.30. The number of carbonyl (C=O) groups is 1. The summed E-state index contributed by atoms with van der Waals surface area (Å²) in [5.41, 5.74) is 2.94. The highest BCUT2D eigenvalue weighted by atomic mass is 16.5. The molecule has 2 aliphatic heterocycles. The van der Waals surface area contributed by atoms with Crippen molar-refractivity contribution in [2.24, 2.45) is 4.99 Å². The van der Waals surface area contributed by atoms with Crippen LogP contribution in [0.2, 0.25) is 0 Å². The van der Waals surface area contributed by atoms with Gasteiger partial charge in [0.2, 0.25) is 0 Å². The van der Waals surface area contributed by atoms with Gasteiger partial charge in [-0.2, -0.15) is 0 Å². The van der Waals surface area contributed by atoms with Gasteiger partial charge in [0.25, 0.3) is 0 Å². The summed E-state index contributed by atoms with van der Waals surface area (Å²) in [6.07, 6.45) is 4.70. The first-order valence-electron chi connectivity index (χ1n) is 6.25. The van der Waals surface area contributed by atoms with Crippen molar-refractivity contribution in [1.29, 1.82) is 0 Å². The minimum atomic E-state index is -0.362. The maximum Gasteiger partial charge on any atom is 0.329 e. The Labute approximate surface area is 107 Å². The molecular formula is C13H19N3O2. The normalized spacial score (nSPS) is 23.2. The van der Waals surface area contributed by atoms with Crippen LogP contribution in [0.25, 0.3) is 0 Å². The molecule has 2 aliphatic rings. The van der Waals surface area contributed by atoms with Crippen LogP contribution in [0, 0.1) is 0 Å².